The topological polar surface area (TPSA) is 78.9 Å². The van der Waals surface area contributed by atoms with Crippen molar-refractivity contribution in [3.63, 3.8) is 0 Å². The lowest BCUT2D eigenvalue weighted by molar-refractivity contribution is -0.119. The van der Waals surface area contributed by atoms with Gasteiger partial charge in [-0.1, -0.05) is 18.5 Å². The van der Waals surface area contributed by atoms with Gasteiger partial charge in [0.25, 0.3) is 0 Å². The molecule has 0 saturated carbocycles. The van der Waals surface area contributed by atoms with Crippen LogP contribution in [0.3, 0.4) is 0 Å². The zero-order valence-corrected chi connectivity index (χ0v) is 11.3. The first-order valence-corrected chi connectivity index (χ1v) is 6.32. The Morgan fingerprint density at radius 3 is 2.83 bits per heavy atom. The van der Waals surface area contributed by atoms with Gasteiger partial charge in [-0.2, -0.15) is 4.98 Å². The van der Waals surface area contributed by atoms with Gasteiger partial charge in [0, 0.05) is 13.1 Å². The molecule has 0 saturated heterocycles. The molecule has 6 nitrogen and oxygen atoms in total. The van der Waals surface area contributed by atoms with Crippen molar-refractivity contribution in [2.24, 2.45) is 0 Å². The maximum Gasteiger partial charge on any atom is 0.239 e. The lowest BCUT2D eigenvalue weighted by atomic mass is 10.5. The van der Waals surface area contributed by atoms with Crippen LogP contribution in [0.5, 0.6) is 0 Å². The van der Waals surface area contributed by atoms with Gasteiger partial charge in [0.1, 0.15) is 5.02 Å². The standard InChI is InChI=1S/C11H18ClN5O/c1-3-5-14-11-16-6-8(12)10(17-11)15-7-9(18)13-4-2/h6H,3-5,7H2,1-2H3,(H,13,18)(H2,14,15,16,17). The van der Waals surface area contributed by atoms with Crippen molar-refractivity contribution in [1.29, 1.82) is 0 Å². The number of hydrogen-bond donors (Lipinski definition) is 3. The summed E-state index contributed by atoms with van der Waals surface area (Å²) in [5.74, 6) is 0.853. The minimum absolute atomic E-state index is 0.102. The van der Waals surface area contributed by atoms with Gasteiger partial charge in [0.05, 0.1) is 12.7 Å². The number of aromatic nitrogens is 2. The summed E-state index contributed by atoms with van der Waals surface area (Å²) < 4.78 is 0. The number of nitrogens with zero attached hydrogens (tertiary/aromatic N) is 2. The van der Waals surface area contributed by atoms with Crippen molar-refractivity contribution in [1.82, 2.24) is 15.3 Å². The number of halogens is 1. The first-order chi connectivity index (χ1) is 8.67. The minimum Gasteiger partial charge on any atom is -0.360 e. The molecule has 1 heterocycles. The molecule has 1 aromatic heterocycles. The Balaban J connectivity index is 2.60. The molecule has 0 radical (unpaired) electrons. The van der Waals surface area contributed by atoms with Crippen molar-refractivity contribution in [3.05, 3.63) is 11.2 Å². The maximum atomic E-state index is 11.3. The molecule has 3 N–H and O–H groups in total. The van der Waals surface area contributed by atoms with Crippen LogP contribution in [0.4, 0.5) is 11.8 Å². The number of anilines is 2. The molecule has 0 aliphatic carbocycles. The Kier molecular flexibility index (Phi) is 6.21. The van der Waals surface area contributed by atoms with Crippen LogP contribution in [0, 0.1) is 0 Å². The Morgan fingerprint density at radius 2 is 2.17 bits per heavy atom. The van der Waals surface area contributed by atoms with Crippen molar-refractivity contribution in [3.8, 4) is 0 Å². The summed E-state index contributed by atoms with van der Waals surface area (Å²) >= 11 is 5.94. The summed E-state index contributed by atoms with van der Waals surface area (Å²) in [6.45, 7) is 5.44. The average molecular weight is 272 g/mol. The maximum absolute atomic E-state index is 11.3. The summed E-state index contributed by atoms with van der Waals surface area (Å²) in [5, 5.41) is 9.00. The number of rotatable bonds is 7. The van der Waals surface area contributed by atoms with Gasteiger partial charge >= 0.3 is 0 Å². The lowest BCUT2D eigenvalue weighted by Crippen LogP contribution is -2.29. The second kappa shape index (κ2) is 7.71. The Bertz CT molecular complexity index is 399. The molecular formula is C11H18ClN5O. The van der Waals surface area contributed by atoms with E-state index in [9.17, 15) is 4.79 Å². The average Bonchev–Trinajstić information content (AvgIpc) is 2.36. The first kappa shape index (κ1) is 14.5. The molecule has 0 bridgehead atoms. The second-order valence-corrected chi connectivity index (χ2v) is 4.03. The third kappa shape index (κ3) is 4.75. The van der Waals surface area contributed by atoms with E-state index in [-0.39, 0.29) is 12.5 Å². The number of carbonyl (C=O) groups is 1. The molecule has 0 aromatic carbocycles. The summed E-state index contributed by atoms with van der Waals surface area (Å²) in [6, 6.07) is 0. The van der Waals surface area contributed by atoms with E-state index in [4.69, 9.17) is 11.6 Å². The Morgan fingerprint density at radius 1 is 1.39 bits per heavy atom. The molecule has 18 heavy (non-hydrogen) atoms. The van der Waals surface area contributed by atoms with Gasteiger partial charge in [0.15, 0.2) is 5.82 Å². The van der Waals surface area contributed by atoms with Crippen LogP contribution in [0.15, 0.2) is 6.20 Å². The smallest absolute Gasteiger partial charge is 0.239 e. The SMILES string of the molecule is CCCNc1ncc(Cl)c(NCC(=O)NCC)n1. The van der Waals surface area contributed by atoms with E-state index in [1.165, 1.54) is 6.20 Å². The lowest BCUT2D eigenvalue weighted by Gasteiger charge is -2.09. The fourth-order valence-electron chi connectivity index (χ4n) is 1.24. The van der Waals surface area contributed by atoms with Crippen molar-refractivity contribution in [2.45, 2.75) is 20.3 Å². The predicted molar refractivity (Wildman–Crippen MR) is 73.0 cm³/mol. The van der Waals surface area contributed by atoms with Gasteiger partial charge in [-0.3, -0.25) is 4.79 Å². The predicted octanol–water partition coefficient (Wildman–Crippen LogP) is 1.50. The molecule has 0 aliphatic rings. The second-order valence-electron chi connectivity index (χ2n) is 3.62. The Hall–Kier alpha value is -1.56. The van der Waals surface area contributed by atoms with Crippen molar-refractivity contribution < 1.29 is 4.79 Å². The number of amides is 1. The molecule has 100 valence electrons. The summed E-state index contributed by atoms with van der Waals surface area (Å²) in [5.41, 5.74) is 0. The highest BCUT2D eigenvalue weighted by atomic mass is 35.5. The zero-order chi connectivity index (χ0) is 13.4. The van der Waals surface area contributed by atoms with Gasteiger partial charge in [-0.05, 0) is 13.3 Å². The zero-order valence-electron chi connectivity index (χ0n) is 10.6. The van der Waals surface area contributed by atoms with Crippen LogP contribution in [-0.2, 0) is 4.79 Å². The van der Waals surface area contributed by atoms with Crippen LogP contribution in [-0.4, -0.2) is 35.5 Å². The third-order valence-electron chi connectivity index (χ3n) is 2.07. The summed E-state index contributed by atoms with van der Waals surface area (Å²) in [4.78, 5) is 19.6. The van der Waals surface area contributed by atoms with Gasteiger partial charge in [-0.15, -0.1) is 0 Å². The molecule has 0 atom stereocenters. The van der Waals surface area contributed by atoms with E-state index >= 15 is 0 Å². The molecule has 1 aromatic rings. The van der Waals surface area contributed by atoms with Crippen LogP contribution in [0.25, 0.3) is 0 Å². The van der Waals surface area contributed by atoms with Gasteiger partial charge < -0.3 is 16.0 Å². The van der Waals surface area contributed by atoms with Gasteiger partial charge in [-0.25, -0.2) is 4.98 Å². The Labute approximate surface area is 112 Å². The highest BCUT2D eigenvalue weighted by Gasteiger charge is 2.06. The molecule has 1 rings (SSSR count). The number of hydrogen-bond acceptors (Lipinski definition) is 5. The fraction of sp³-hybridized carbons (Fsp3) is 0.545. The van der Waals surface area contributed by atoms with E-state index in [0.29, 0.717) is 23.3 Å². The minimum atomic E-state index is -0.102. The fourth-order valence-corrected chi connectivity index (χ4v) is 1.39. The van der Waals surface area contributed by atoms with Crippen molar-refractivity contribution in [2.75, 3.05) is 30.3 Å². The van der Waals surface area contributed by atoms with E-state index in [1.807, 2.05) is 6.92 Å². The third-order valence-corrected chi connectivity index (χ3v) is 2.34. The van der Waals surface area contributed by atoms with Crippen LogP contribution in [0.2, 0.25) is 5.02 Å². The molecule has 0 fully saturated rings. The molecule has 7 heteroatoms. The molecule has 0 aliphatic heterocycles. The summed E-state index contributed by atoms with van der Waals surface area (Å²) in [6.07, 6.45) is 2.49. The van der Waals surface area contributed by atoms with E-state index < -0.39 is 0 Å². The van der Waals surface area contributed by atoms with E-state index in [1.54, 1.807) is 0 Å². The highest BCUT2D eigenvalue weighted by Crippen LogP contribution is 2.18. The quantitative estimate of drug-likeness (QED) is 0.700. The molecular weight excluding hydrogens is 254 g/mol. The molecule has 0 spiro atoms. The van der Waals surface area contributed by atoms with Crippen LogP contribution < -0.4 is 16.0 Å². The van der Waals surface area contributed by atoms with Crippen molar-refractivity contribution >= 4 is 29.3 Å². The number of likely N-dealkylation sites (N-methyl/N-ethyl adjacent to an activating group) is 1. The van der Waals surface area contributed by atoms with Crippen LogP contribution in [0.1, 0.15) is 20.3 Å². The molecule has 1 amide bonds. The largest absolute Gasteiger partial charge is 0.360 e. The number of nitrogens with one attached hydrogen (secondary N) is 3. The number of carbonyl (C=O) groups excluding carboxylic acids is 1. The highest BCUT2D eigenvalue weighted by molar-refractivity contribution is 6.32. The normalized spacial score (nSPS) is 9.94. The summed E-state index contributed by atoms with van der Waals surface area (Å²) in [7, 11) is 0. The van der Waals surface area contributed by atoms with Crippen LogP contribution >= 0.6 is 11.6 Å². The first-order valence-electron chi connectivity index (χ1n) is 5.94. The van der Waals surface area contributed by atoms with E-state index in [2.05, 4.69) is 32.8 Å². The van der Waals surface area contributed by atoms with Gasteiger partial charge in [0.2, 0.25) is 11.9 Å². The van der Waals surface area contributed by atoms with E-state index in [0.717, 1.165) is 13.0 Å². The monoisotopic (exact) mass is 271 g/mol. The molecule has 0 unspecified atom stereocenters.